The molecule has 3 nitrogen and oxygen atoms in total. The Bertz CT molecular complexity index is 499. The fourth-order valence-corrected chi connectivity index (χ4v) is 1.80. The summed E-state index contributed by atoms with van der Waals surface area (Å²) in [7, 11) is 0. The molecule has 0 spiro atoms. The summed E-state index contributed by atoms with van der Waals surface area (Å²) in [4.78, 5) is 0. The Morgan fingerprint density at radius 3 is 2.42 bits per heavy atom. The van der Waals surface area contributed by atoms with Crippen molar-refractivity contribution in [2.45, 2.75) is 13.0 Å². The molecule has 0 aliphatic carbocycles. The Hall–Kier alpha value is -2.00. The van der Waals surface area contributed by atoms with Crippen molar-refractivity contribution in [3.05, 3.63) is 60.2 Å². The Kier molecular flexibility index (Phi) is 4.81. The zero-order valence-electron chi connectivity index (χ0n) is 11.1. The molecule has 0 bridgehead atoms. The maximum atomic E-state index is 6.13. The third kappa shape index (κ3) is 4.00. The summed E-state index contributed by atoms with van der Waals surface area (Å²) in [5.41, 5.74) is 7.14. The number of rotatable bonds is 6. The van der Waals surface area contributed by atoms with E-state index in [1.165, 1.54) is 0 Å². The quantitative estimate of drug-likeness (QED) is 0.864. The van der Waals surface area contributed by atoms with E-state index in [4.69, 9.17) is 15.2 Å². The molecule has 0 aromatic heterocycles. The van der Waals surface area contributed by atoms with E-state index in [2.05, 4.69) is 0 Å². The fourth-order valence-electron chi connectivity index (χ4n) is 1.80. The van der Waals surface area contributed by atoms with Crippen molar-refractivity contribution in [3.8, 4) is 11.5 Å². The Balaban J connectivity index is 1.95. The normalized spacial score (nSPS) is 11.9. The van der Waals surface area contributed by atoms with Crippen molar-refractivity contribution >= 4 is 0 Å². The summed E-state index contributed by atoms with van der Waals surface area (Å²) in [6.45, 7) is 3.06. The number of ether oxygens (including phenoxy) is 2. The van der Waals surface area contributed by atoms with E-state index in [0.717, 1.165) is 17.1 Å². The minimum atomic E-state index is -0.166. The van der Waals surface area contributed by atoms with Gasteiger partial charge in [0.25, 0.3) is 0 Å². The average molecular weight is 257 g/mol. The van der Waals surface area contributed by atoms with Gasteiger partial charge in [0.1, 0.15) is 18.1 Å². The lowest BCUT2D eigenvalue weighted by atomic mass is 10.1. The highest BCUT2D eigenvalue weighted by molar-refractivity contribution is 5.30. The van der Waals surface area contributed by atoms with Crippen LogP contribution in [0.15, 0.2) is 54.6 Å². The minimum Gasteiger partial charge on any atom is -0.494 e. The molecule has 0 aliphatic heterocycles. The van der Waals surface area contributed by atoms with Crippen molar-refractivity contribution in [1.29, 1.82) is 0 Å². The lowest BCUT2D eigenvalue weighted by molar-refractivity contribution is 0.290. The van der Waals surface area contributed by atoms with Crippen molar-refractivity contribution in [2.24, 2.45) is 5.73 Å². The maximum Gasteiger partial charge on any atom is 0.119 e. The smallest absolute Gasteiger partial charge is 0.119 e. The summed E-state index contributed by atoms with van der Waals surface area (Å²) in [5, 5.41) is 0. The van der Waals surface area contributed by atoms with Gasteiger partial charge in [-0.2, -0.15) is 0 Å². The number of hydrogen-bond donors (Lipinski definition) is 1. The van der Waals surface area contributed by atoms with E-state index in [1.807, 2.05) is 61.5 Å². The zero-order chi connectivity index (χ0) is 13.5. The second-order valence-electron chi connectivity index (χ2n) is 4.24. The Morgan fingerprint density at radius 2 is 1.68 bits per heavy atom. The third-order valence-corrected chi connectivity index (χ3v) is 2.77. The highest BCUT2D eigenvalue weighted by Gasteiger charge is 2.08. The first kappa shape index (κ1) is 13.4. The van der Waals surface area contributed by atoms with Crippen LogP contribution in [0.5, 0.6) is 11.5 Å². The predicted octanol–water partition coefficient (Wildman–Crippen LogP) is 3.16. The van der Waals surface area contributed by atoms with Gasteiger partial charge in [0.15, 0.2) is 0 Å². The molecule has 100 valence electrons. The summed E-state index contributed by atoms with van der Waals surface area (Å²) < 4.78 is 11.1. The van der Waals surface area contributed by atoms with Crippen molar-refractivity contribution in [1.82, 2.24) is 0 Å². The second kappa shape index (κ2) is 6.81. The van der Waals surface area contributed by atoms with Crippen LogP contribution in [-0.2, 0) is 0 Å². The molecule has 0 radical (unpaired) electrons. The van der Waals surface area contributed by atoms with E-state index < -0.39 is 0 Å². The summed E-state index contributed by atoms with van der Waals surface area (Å²) in [6, 6.07) is 17.3. The van der Waals surface area contributed by atoms with Gasteiger partial charge in [0, 0.05) is 0 Å². The highest BCUT2D eigenvalue weighted by atomic mass is 16.5. The fraction of sp³-hybridized carbons (Fsp3) is 0.250. The van der Waals surface area contributed by atoms with Crippen molar-refractivity contribution < 1.29 is 9.47 Å². The first-order valence-corrected chi connectivity index (χ1v) is 6.46. The SMILES string of the molecule is CCOc1cccc(C(N)COc2ccccc2)c1. The first-order chi connectivity index (χ1) is 9.29. The van der Waals surface area contributed by atoms with Gasteiger partial charge in [-0.05, 0) is 36.8 Å². The Morgan fingerprint density at radius 1 is 0.947 bits per heavy atom. The number of nitrogens with two attached hydrogens (primary N) is 1. The monoisotopic (exact) mass is 257 g/mol. The van der Waals surface area contributed by atoms with E-state index in [0.29, 0.717) is 13.2 Å². The lowest BCUT2D eigenvalue weighted by Gasteiger charge is -2.14. The molecule has 2 aromatic rings. The largest absolute Gasteiger partial charge is 0.494 e. The second-order valence-corrected chi connectivity index (χ2v) is 4.24. The predicted molar refractivity (Wildman–Crippen MR) is 76.5 cm³/mol. The van der Waals surface area contributed by atoms with Crippen LogP contribution in [0.25, 0.3) is 0 Å². The molecule has 2 aromatic carbocycles. The molecule has 3 heteroatoms. The number of benzene rings is 2. The molecular weight excluding hydrogens is 238 g/mol. The van der Waals surface area contributed by atoms with Crippen LogP contribution in [0.4, 0.5) is 0 Å². The van der Waals surface area contributed by atoms with Gasteiger partial charge in [-0.25, -0.2) is 0 Å². The topological polar surface area (TPSA) is 44.5 Å². The maximum absolute atomic E-state index is 6.13. The molecule has 0 aliphatic rings. The number of para-hydroxylation sites is 1. The van der Waals surface area contributed by atoms with E-state index in [-0.39, 0.29) is 6.04 Å². The minimum absolute atomic E-state index is 0.166. The summed E-state index contributed by atoms with van der Waals surface area (Å²) >= 11 is 0. The van der Waals surface area contributed by atoms with Crippen LogP contribution in [-0.4, -0.2) is 13.2 Å². The molecule has 2 N–H and O–H groups in total. The molecule has 19 heavy (non-hydrogen) atoms. The molecular formula is C16H19NO2. The van der Waals surface area contributed by atoms with Crippen LogP contribution in [0.2, 0.25) is 0 Å². The van der Waals surface area contributed by atoms with Gasteiger partial charge in [0.05, 0.1) is 12.6 Å². The Labute approximate surface area is 114 Å². The van der Waals surface area contributed by atoms with Crippen LogP contribution in [0.3, 0.4) is 0 Å². The number of hydrogen-bond acceptors (Lipinski definition) is 3. The molecule has 0 fully saturated rings. The first-order valence-electron chi connectivity index (χ1n) is 6.46. The van der Waals surface area contributed by atoms with Gasteiger partial charge in [-0.1, -0.05) is 30.3 Å². The molecule has 1 unspecified atom stereocenters. The van der Waals surface area contributed by atoms with Crippen LogP contribution in [0.1, 0.15) is 18.5 Å². The van der Waals surface area contributed by atoms with Gasteiger partial charge >= 0.3 is 0 Å². The lowest BCUT2D eigenvalue weighted by Crippen LogP contribution is -2.19. The van der Waals surface area contributed by atoms with Gasteiger partial charge in [-0.3, -0.25) is 0 Å². The molecule has 2 rings (SSSR count). The highest BCUT2D eigenvalue weighted by Crippen LogP contribution is 2.19. The van der Waals surface area contributed by atoms with Gasteiger partial charge in [0.2, 0.25) is 0 Å². The van der Waals surface area contributed by atoms with Gasteiger partial charge in [-0.15, -0.1) is 0 Å². The van der Waals surface area contributed by atoms with Crippen LogP contribution >= 0.6 is 0 Å². The molecule has 0 amide bonds. The summed E-state index contributed by atoms with van der Waals surface area (Å²) in [5.74, 6) is 1.68. The molecule has 0 saturated heterocycles. The van der Waals surface area contributed by atoms with Gasteiger partial charge < -0.3 is 15.2 Å². The zero-order valence-corrected chi connectivity index (χ0v) is 11.1. The van der Waals surface area contributed by atoms with E-state index in [1.54, 1.807) is 0 Å². The van der Waals surface area contributed by atoms with Crippen molar-refractivity contribution in [2.75, 3.05) is 13.2 Å². The third-order valence-electron chi connectivity index (χ3n) is 2.77. The molecule has 1 atom stereocenters. The van der Waals surface area contributed by atoms with E-state index in [9.17, 15) is 0 Å². The average Bonchev–Trinajstić information content (AvgIpc) is 2.46. The molecule has 0 saturated carbocycles. The standard InChI is InChI=1S/C16H19NO2/c1-2-18-15-10-6-7-13(11-15)16(17)12-19-14-8-4-3-5-9-14/h3-11,16H,2,12,17H2,1H3. The molecule has 0 heterocycles. The van der Waals surface area contributed by atoms with Crippen molar-refractivity contribution in [3.63, 3.8) is 0 Å². The van der Waals surface area contributed by atoms with Crippen LogP contribution < -0.4 is 15.2 Å². The van der Waals surface area contributed by atoms with Crippen LogP contribution in [0, 0.1) is 0 Å². The van der Waals surface area contributed by atoms with E-state index >= 15 is 0 Å². The summed E-state index contributed by atoms with van der Waals surface area (Å²) in [6.07, 6.45) is 0.